The molecular formula is C26H36N2O4. The van der Waals surface area contributed by atoms with Crippen molar-refractivity contribution in [1.82, 2.24) is 10.2 Å². The van der Waals surface area contributed by atoms with E-state index in [2.05, 4.69) is 5.32 Å². The largest absolute Gasteiger partial charge is 0.493 e. The Bertz CT molecular complexity index is 890. The lowest BCUT2D eigenvalue weighted by Gasteiger charge is -2.31. The predicted molar refractivity (Wildman–Crippen MR) is 127 cm³/mol. The van der Waals surface area contributed by atoms with Gasteiger partial charge in [-0.15, -0.1) is 0 Å². The van der Waals surface area contributed by atoms with Gasteiger partial charge in [0.2, 0.25) is 11.8 Å². The minimum atomic E-state index is -0.559. The van der Waals surface area contributed by atoms with Crippen LogP contribution in [-0.4, -0.2) is 49.1 Å². The van der Waals surface area contributed by atoms with Gasteiger partial charge in [-0.05, 0) is 63.8 Å². The highest BCUT2D eigenvalue weighted by molar-refractivity contribution is 5.87. The molecule has 0 saturated heterocycles. The molecule has 6 heteroatoms. The Balaban J connectivity index is 2.12. The van der Waals surface area contributed by atoms with Crippen LogP contribution in [0.15, 0.2) is 48.5 Å². The Kier molecular flexibility index (Phi) is 9.12. The summed E-state index contributed by atoms with van der Waals surface area (Å²) in [6, 6.07) is 15.1. The van der Waals surface area contributed by atoms with E-state index < -0.39 is 6.04 Å². The molecule has 32 heavy (non-hydrogen) atoms. The van der Waals surface area contributed by atoms with E-state index in [0.717, 1.165) is 11.1 Å². The molecule has 2 amide bonds. The van der Waals surface area contributed by atoms with Crippen molar-refractivity contribution in [3.05, 3.63) is 59.7 Å². The minimum Gasteiger partial charge on any atom is -0.493 e. The molecule has 0 heterocycles. The average Bonchev–Trinajstić information content (AvgIpc) is 2.76. The Morgan fingerprint density at radius 1 is 0.938 bits per heavy atom. The lowest BCUT2D eigenvalue weighted by molar-refractivity contribution is -0.140. The van der Waals surface area contributed by atoms with Gasteiger partial charge in [-0.3, -0.25) is 9.59 Å². The van der Waals surface area contributed by atoms with Gasteiger partial charge in [0.25, 0.3) is 0 Å². The molecule has 0 saturated carbocycles. The van der Waals surface area contributed by atoms with Crippen LogP contribution in [0.4, 0.5) is 0 Å². The van der Waals surface area contributed by atoms with E-state index >= 15 is 0 Å². The molecule has 0 aromatic heterocycles. The number of carbonyl (C=O) groups is 2. The second-order valence-corrected chi connectivity index (χ2v) is 8.93. The Morgan fingerprint density at radius 2 is 1.59 bits per heavy atom. The molecule has 0 bridgehead atoms. The number of hydrogen-bond donors (Lipinski definition) is 1. The van der Waals surface area contributed by atoms with Crippen LogP contribution >= 0.6 is 0 Å². The van der Waals surface area contributed by atoms with E-state index in [-0.39, 0.29) is 17.4 Å². The second kappa shape index (κ2) is 11.6. The first-order valence-electron chi connectivity index (χ1n) is 11.0. The first kappa shape index (κ1) is 25.2. The van der Waals surface area contributed by atoms with Crippen LogP contribution in [0.1, 0.15) is 45.2 Å². The molecule has 0 aliphatic carbocycles. The number of hydrogen-bond acceptors (Lipinski definition) is 4. The van der Waals surface area contributed by atoms with Gasteiger partial charge >= 0.3 is 0 Å². The third-order valence-electron chi connectivity index (χ3n) is 5.23. The van der Waals surface area contributed by atoms with E-state index in [0.29, 0.717) is 37.3 Å². The molecule has 0 aliphatic heterocycles. The SMILES string of the molecule is COc1ccc(CCC(=O)N(CCc2ccccc2)C(C)C(=O)NC(C)(C)C)cc1OC. The van der Waals surface area contributed by atoms with E-state index in [1.165, 1.54) is 0 Å². The zero-order chi connectivity index (χ0) is 23.7. The molecule has 0 aliphatic rings. The number of amides is 2. The monoisotopic (exact) mass is 440 g/mol. The Morgan fingerprint density at radius 3 is 2.19 bits per heavy atom. The molecule has 1 unspecified atom stereocenters. The van der Waals surface area contributed by atoms with E-state index in [1.54, 1.807) is 26.0 Å². The Hall–Kier alpha value is -3.02. The molecule has 1 atom stereocenters. The first-order chi connectivity index (χ1) is 15.1. The smallest absolute Gasteiger partial charge is 0.242 e. The molecule has 0 spiro atoms. The fraction of sp³-hybridized carbons (Fsp3) is 0.462. The summed E-state index contributed by atoms with van der Waals surface area (Å²) < 4.78 is 10.6. The van der Waals surface area contributed by atoms with Crippen LogP contribution in [0.2, 0.25) is 0 Å². The van der Waals surface area contributed by atoms with Crippen LogP contribution in [0, 0.1) is 0 Å². The summed E-state index contributed by atoms with van der Waals surface area (Å²) in [6.07, 6.45) is 1.54. The van der Waals surface area contributed by atoms with Gasteiger partial charge in [-0.25, -0.2) is 0 Å². The first-order valence-corrected chi connectivity index (χ1v) is 11.0. The molecule has 2 rings (SSSR count). The lowest BCUT2D eigenvalue weighted by Crippen LogP contribution is -2.53. The van der Waals surface area contributed by atoms with Gasteiger partial charge < -0.3 is 19.7 Å². The van der Waals surface area contributed by atoms with Crippen molar-refractivity contribution in [2.24, 2.45) is 0 Å². The predicted octanol–water partition coefficient (Wildman–Crippen LogP) is 4.01. The lowest BCUT2D eigenvalue weighted by atomic mass is 10.1. The molecule has 6 nitrogen and oxygen atoms in total. The third kappa shape index (κ3) is 7.59. The normalized spacial score (nSPS) is 12.1. The maximum atomic E-state index is 13.2. The van der Waals surface area contributed by atoms with Crippen molar-refractivity contribution in [2.45, 2.75) is 58.5 Å². The summed E-state index contributed by atoms with van der Waals surface area (Å²) in [5.41, 5.74) is 1.75. The number of carbonyl (C=O) groups excluding carboxylic acids is 2. The zero-order valence-electron chi connectivity index (χ0n) is 20.1. The summed E-state index contributed by atoms with van der Waals surface area (Å²) in [5, 5.41) is 2.99. The van der Waals surface area contributed by atoms with Gasteiger partial charge in [0.05, 0.1) is 14.2 Å². The number of rotatable bonds is 10. The van der Waals surface area contributed by atoms with Crippen LogP contribution in [0.25, 0.3) is 0 Å². The molecular weight excluding hydrogens is 404 g/mol. The Labute approximate surface area is 191 Å². The van der Waals surface area contributed by atoms with Crippen molar-refractivity contribution in [2.75, 3.05) is 20.8 Å². The van der Waals surface area contributed by atoms with Gasteiger partial charge in [-0.2, -0.15) is 0 Å². The molecule has 0 fully saturated rings. The second-order valence-electron chi connectivity index (χ2n) is 8.93. The highest BCUT2D eigenvalue weighted by atomic mass is 16.5. The number of nitrogens with zero attached hydrogens (tertiary/aromatic N) is 1. The van der Waals surface area contributed by atoms with Gasteiger partial charge in [0.1, 0.15) is 6.04 Å². The van der Waals surface area contributed by atoms with E-state index in [1.807, 2.05) is 69.3 Å². The maximum Gasteiger partial charge on any atom is 0.242 e. The molecule has 2 aromatic carbocycles. The van der Waals surface area contributed by atoms with Crippen molar-refractivity contribution in [3.8, 4) is 11.5 Å². The summed E-state index contributed by atoms with van der Waals surface area (Å²) >= 11 is 0. The van der Waals surface area contributed by atoms with Crippen molar-refractivity contribution in [3.63, 3.8) is 0 Å². The maximum absolute atomic E-state index is 13.2. The molecule has 1 N–H and O–H groups in total. The summed E-state index contributed by atoms with van der Waals surface area (Å²) in [5.74, 6) is 1.09. The van der Waals surface area contributed by atoms with E-state index in [4.69, 9.17) is 9.47 Å². The highest BCUT2D eigenvalue weighted by Gasteiger charge is 2.27. The van der Waals surface area contributed by atoms with E-state index in [9.17, 15) is 9.59 Å². The highest BCUT2D eigenvalue weighted by Crippen LogP contribution is 2.28. The van der Waals surface area contributed by atoms with Crippen LogP contribution in [-0.2, 0) is 22.4 Å². The van der Waals surface area contributed by atoms with Crippen LogP contribution in [0.5, 0.6) is 11.5 Å². The summed E-state index contributed by atoms with van der Waals surface area (Å²) in [4.78, 5) is 27.7. The summed E-state index contributed by atoms with van der Waals surface area (Å²) in [6.45, 7) is 8.08. The van der Waals surface area contributed by atoms with Crippen molar-refractivity contribution in [1.29, 1.82) is 0 Å². The summed E-state index contributed by atoms with van der Waals surface area (Å²) in [7, 11) is 3.18. The minimum absolute atomic E-state index is 0.0488. The quantitative estimate of drug-likeness (QED) is 0.606. The average molecular weight is 441 g/mol. The van der Waals surface area contributed by atoms with Gasteiger partial charge in [-0.1, -0.05) is 36.4 Å². The topological polar surface area (TPSA) is 67.9 Å². The number of nitrogens with one attached hydrogen (secondary N) is 1. The number of ether oxygens (including phenoxy) is 2. The zero-order valence-corrected chi connectivity index (χ0v) is 20.1. The van der Waals surface area contributed by atoms with Gasteiger partial charge in [0, 0.05) is 18.5 Å². The molecule has 174 valence electrons. The molecule has 0 radical (unpaired) electrons. The van der Waals surface area contributed by atoms with Crippen LogP contribution < -0.4 is 14.8 Å². The number of benzene rings is 2. The molecule has 2 aromatic rings. The van der Waals surface area contributed by atoms with Crippen molar-refractivity contribution < 1.29 is 19.1 Å². The fourth-order valence-electron chi connectivity index (χ4n) is 3.48. The standard InChI is InChI=1S/C26H36N2O4/c1-19(25(30)27-26(2,3)4)28(17-16-20-10-8-7-9-11-20)24(29)15-13-21-12-14-22(31-5)23(18-21)32-6/h7-12,14,18-19H,13,15-17H2,1-6H3,(H,27,30). The fourth-order valence-corrected chi connectivity index (χ4v) is 3.48. The number of methoxy groups -OCH3 is 2. The van der Waals surface area contributed by atoms with Crippen molar-refractivity contribution >= 4 is 11.8 Å². The number of aryl methyl sites for hydroxylation is 1. The van der Waals surface area contributed by atoms with Crippen LogP contribution in [0.3, 0.4) is 0 Å². The third-order valence-corrected chi connectivity index (χ3v) is 5.23. The van der Waals surface area contributed by atoms with Gasteiger partial charge in [0.15, 0.2) is 11.5 Å².